The van der Waals surface area contributed by atoms with Crippen LogP contribution in [0, 0.1) is 5.92 Å². The summed E-state index contributed by atoms with van der Waals surface area (Å²) in [6, 6.07) is 7.28. The number of aliphatic hydroxyl groups is 1. The zero-order chi connectivity index (χ0) is 12.1. The van der Waals surface area contributed by atoms with Crippen LogP contribution in [0.3, 0.4) is 0 Å². The summed E-state index contributed by atoms with van der Waals surface area (Å²) in [5.74, 6) is 1.45. The lowest BCUT2D eigenvalue weighted by atomic mass is 10.3. The smallest absolute Gasteiger partial charge is 0.138 e. The van der Waals surface area contributed by atoms with Crippen molar-refractivity contribution < 1.29 is 9.84 Å². The second-order valence-electron chi connectivity index (χ2n) is 4.50. The third kappa shape index (κ3) is 4.54. The maximum Gasteiger partial charge on any atom is 0.138 e. The quantitative estimate of drug-likeness (QED) is 0.784. The number of hydrogen-bond acceptors (Lipinski definition) is 3. The van der Waals surface area contributed by atoms with Gasteiger partial charge in [-0.2, -0.15) is 0 Å². The Hall–Kier alpha value is -0.770. The second-order valence-corrected chi connectivity index (χ2v) is 4.90. The van der Waals surface area contributed by atoms with Gasteiger partial charge in [-0.1, -0.05) is 23.7 Å². The van der Waals surface area contributed by atoms with Crippen molar-refractivity contribution >= 4 is 11.6 Å². The summed E-state index contributed by atoms with van der Waals surface area (Å²) in [6.45, 7) is 1.84. The monoisotopic (exact) mass is 255 g/mol. The standard InChI is InChI=1S/C13H18ClNO2/c14-12-3-1-2-4-13(12)17-9-11(16)8-15-7-10-5-6-10/h1-4,10-11,15-16H,5-9H2. The van der Waals surface area contributed by atoms with Crippen molar-refractivity contribution in [1.82, 2.24) is 5.32 Å². The highest BCUT2D eigenvalue weighted by atomic mass is 35.5. The molecule has 0 saturated heterocycles. The predicted octanol–water partition coefficient (Wildman–Crippen LogP) is 2.08. The van der Waals surface area contributed by atoms with Crippen molar-refractivity contribution in [3.8, 4) is 5.75 Å². The molecule has 94 valence electrons. The molecule has 0 aliphatic heterocycles. The van der Waals surface area contributed by atoms with Gasteiger partial charge in [0.05, 0.1) is 5.02 Å². The molecule has 2 N–H and O–H groups in total. The predicted molar refractivity (Wildman–Crippen MR) is 68.5 cm³/mol. The van der Waals surface area contributed by atoms with Crippen molar-refractivity contribution in [2.45, 2.75) is 18.9 Å². The van der Waals surface area contributed by atoms with E-state index in [9.17, 15) is 5.11 Å². The average Bonchev–Trinajstić information content (AvgIpc) is 3.12. The molecule has 0 aromatic heterocycles. The fraction of sp³-hybridized carbons (Fsp3) is 0.538. The van der Waals surface area contributed by atoms with Gasteiger partial charge in [-0.3, -0.25) is 0 Å². The van der Waals surface area contributed by atoms with Crippen LogP contribution in [-0.4, -0.2) is 30.9 Å². The minimum absolute atomic E-state index is 0.265. The number of halogens is 1. The van der Waals surface area contributed by atoms with E-state index in [0.717, 1.165) is 12.5 Å². The summed E-state index contributed by atoms with van der Waals surface area (Å²) in [6.07, 6.45) is 2.14. The molecule has 0 heterocycles. The molecule has 0 radical (unpaired) electrons. The lowest BCUT2D eigenvalue weighted by Crippen LogP contribution is -2.32. The molecule has 1 aromatic rings. The number of nitrogens with one attached hydrogen (secondary N) is 1. The van der Waals surface area contributed by atoms with E-state index in [2.05, 4.69) is 5.32 Å². The van der Waals surface area contributed by atoms with Crippen LogP contribution >= 0.6 is 11.6 Å². The Labute approximate surface area is 107 Å². The summed E-state index contributed by atoms with van der Waals surface area (Å²) in [5.41, 5.74) is 0. The van der Waals surface area contributed by atoms with Gasteiger partial charge in [0.1, 0.15) is 18.5 Å². The molecule has 3 nitrogen and oxygen atoms in total. The van der Waals surface area contributed by atoms with Crippen molar-refractivity contribution in [1.29, 1.82) is 0 Å². The van der Waals surface area contributed by atoms with E-state index in [1.807, 2.05) is 12.1 Å². The average molecular weight is 256 g/mol. The van der Waals surface area contributed by atoms with E-state index in [1.165, 1.54) is 12.8 Å². The largest absolute Gasteiger partial charge is 0.489 e. The molecule has 1 aliphatic rings. The summed E-state index contributed by atoms with van der Waals surface area (Å²) < 4.78 is 5.45. The molecule has 1 aromatic carbocycles. The van der Waals surface area contributed by atoms with E-state index in [0.29, 0.717) is 17.3 Å². The van der Waals surface area contributed by atoms with Gasteiger partial charge in [0.25, 0.3) is 0 Å². The van der Waals surface area contributed by atoms with Crippen LogP contribution in [-0.2, 0) is 0 Å². The highest BCUT2D eigenvalue weighted by molar-refractivity contribution is 6.32. The molecule has 4 heteroatoms. The van der Waals surface area contributed by atoms with Gasteiger partial charge in [-0.25, -0.2) is 0 Å². The van der Waals surface area contributed by atoms with Gasteiger partial charge in [-0.05, 0) is 37.4 Å². The highest BCUT2D eigenvalue weighted by Crippen LogP contribution is 2.27. The van der Waals surface area contributed by atoms with Gasteiger partial charge in [0, 0.05) is 6.54 Å². The Kier molecular flexibility index (Phi) is 4.66. The van der Waals surface area contributed by atoms with Crippen molar-refractivity contribution in [2.24, 2.45) is 5.92 Å². The lowest BCUT2D eigenvalue weighted by Gasteiger charge is -2.13. The topological polar surface area (TPSA) is 41.5 Å². The van der Waals surface area contributed by atoms with Gasteiger partial charge in [-0.15, -0.1) is 0 Å². The Morgan fingerprint density at radius 2 is 2.18 bits per heavy atom. The van der Waals surface area contributed by atoms with Crippen LogP contribution in [0.4, 0.5) is 0 Å². The number of para-hydroxylation sites is 1. The molecular formula is C13H18ClNO2. The Morgan fingerprint density at radius 3 is 2.88 bits per heavy atom. The summed E-state index contributed by atoms with van der Waals surface area (Å²) in [7, 11) is 0. The molecule has 1 saturated carbocycles. The van der Waals surface area contributed by atoms with Crippen molar-refractivity contribution in [3.63, 3.8) is 0 Å². The van der Waals surface area contributed by atoms with Crippen molar-refractivity contribution in [3.05, 3.63) is 29.3 Å². The fourth-order valence-electron chi connectivity index (χ4n) is 1.58. The number of aliphatic hydroxyl groups excluding tert-OH is 1. The van der Waals surface area contributed by atoms with Gasteiger partial charge >= 0.3 is 0 Å². The van der Waals surface area contributed by atoms with Crippen LogP contribution in [0.1, 0.15) is 12.8 Å². The third-order valence-electron chi connectivity index (χ3n) is 2.78. The first-order valence-electron chi connectivity index (χ1n) is 6.02. The van der Waals surface area contributed by atoms with Crippen LogP contribution in [0.5, 0.6) is 5.75 Å². The van der Waals surface area contributed by atoms with Crippen molar-refractivity contribution in [2.75, 3.05) is 19.7 Å². The van der Waals surface area contributed by atoms with Crippen LogP contribution in [0.15, 0.2) is 24.3 Å². The van der Waals surface area contributed by atoms with Crippen LogP contribution in [0.25, 0.3) is 0 Å². The molecule has 0 spiro atoms. The fourth-order valence-corrected chi connectivity index (χ4v) is 1.77. The maximum absolute atomic E-state index is 9.70. The van der Waals surface area contributed by atoms with E-state index in [1.54, 1.807) is 12.1 Å². The van der Waals surface area contributed by atoms with E-state index in [4.69, 9.17) is 16.3 Å². The first-order chi connectivity index (χ1) is 8.25. The van der Waals surface area contributed by atoms with E-state index >= 15 is 0 Å². The van der Waals surface area contributed by atoms with E-state index in [-0.39, 0.29) is 6.61 Å². The molecule has 0 amide bonds. The Balaban J connectivity index is 1.64. The van der Waals surface area contributed by atoms with E-state index < -0.39 is 6.10 Å². The molecule has 1 unspecified atom stereocenters. The molecule has 1 atom stereocenters. The SMILES string of the molecule is OC(CNCC1CC1)COc1ccccc1Cl. The Bertz CT molecular complexity index is 355. The normalized spacial score (nSPS) is 16.8. The first kappa shape index (κ1) is 12.7. The zero-order valence-electron chi connectivity index (χ0n) is 9.73. The minimum Gasteiger partial charge on any atom is -0.489 e. The summed E-state index contributed by atoms with van der Waals surface area (Å²) in [5, 5.41) is 13.5. The highest BCUT2D eigenvalue weighted by Gasteiger charge is 2.20. The third-order valence-corrected chi connectivity index (χ3v) is 3.09. The molecule has 2 rings (SSSR count). The molecular weight excluding hydrogens is 238 g/mol. The first-order valence-corrected chi connectivity index (χ1v) is 6.39. The summed E-state index contributed by atoms with van der Waals surface area (Å²) in [4.78, 5) is 0. The number of ether oxygens (including phenoxy) is 1. The number of rotatable bonds is 7. The zero-order valence-corrected chi connectivity index (χ0v) is 10.5. The van der Waals surface area contributed by atoms with Gasteiger partial charge < -0.3 is 15.2 Å². The number of hydrogen-bond donors (Lipinski definition) is 2. The number of benzene rings is 1. The van der Waals surface area contributed by atoms with Crippen LogP contribution in [0.2, 0.25) is 5.02 Å². The molecule has 17 heavy (non-hydrogen) atoms. The van der Waals surface area contributed by atoms with Crippen LogP contribution < -0.4 is 10.1 Å². The summed E-state index contributed by atoms with van der Waals surface area (Å²) >= 11 is 5.94. The second kappa shape index (κ2) is 6.24. The molecule has 1 fully saturated rings. The lowest BCUT2D eigenvalue weighted by molar-refractivity contribution is 0.106. The van der Waals surface area contributed by atoms with Gasteiger partial charge in [0.2, 0.25) is 0 Å². The maximum atomic E-state index is 9.70. The molecule has 0 bridgehead atoms. The minimum atomic E-state index is -0.495. The Morgan fingerprint density at radius 1 is 1.41 bits per heavy atom. The molecule has 1 aliphatic carbocycles. The van der Waals surface area contributed by atoms with Gasteiger partial charge in [0.15, 0.2) is 0 Å².